The summed E-state index contributed by atoms with van der Waals surface area (Å²) in [7, 11) is 0. The van der Waals surface area contributed by atoms with Gasteiger partial charge in [-0.15, -0.1) is 16.9 Å². The van der Waals surface area contributed by atoms with Crippen molar-refractivity contribution in [3.8, 4) is 0 Å². The van der Waals surface area contributed by atoms with Crippen LogP contribution in [0.15, 0.2) is 11.2 Å². The maximum Gasteiger partial charge on any atom is 0.138 e. The minimum atomic E-state index is 0.523. The van der Waals surface area contributed by atoms with Gasteiger partial charge in [0.1, 0.15) is 5.03 Å². The van der Waals surface area contributed by atoms with Crippen LogP contribution in [0.3, 0.4) is 0 Å². The quantitative estimate of drug-likeness (QED) is 0.626. The van der Waals surface area contributed by atoms with E-state index in [2.05, 4.69) is 34.6 Å². The second-order valence-electron chi connectivity index (χ2n) is 5.57. The number of thioether (sulfide) groups is 1. The summed E-state index contributed by atoms with van der Waals surface area (Å²) in [5, 5.41) is 15.1. The highest BCUT2D eigenvalue weighted by Gasteiger charge is 2.27. The fourth-order valence-corrected chi connectivity index (χ4v) is 3.21. The van der Waals surface area contributed by atoms with E-state index in [1.165, 1.54) is 25.7 Å². The van der Waals surface area contributed by atoms with E-state index in [1.54, 1.807) is 18.0 Å². The van der Waals surface area contributed by atoms with Crippen LogP contribution < -0.4 is 5.32 Å². The molecule has 0 bridgehead atoms. The molecule has 1 aliphatic rings. The van der Waals surface area contributed by atoms with Crippen molar-refractivity contribution >= 4 is 11.8 Å². The summed E-state index contributed by atoms with van der Waals surface area (Å²) in [5.74, 6) is 1.06. The molecule has 1 saturated carbocycles. The Morgan fingerprint density at radius 2 is 2.47 bits per heavy atom. The predicted molar refractivity (Wildman–Crippen MR) is 71.1 cm³/mol. The first-order chi connectivity index (χ1) is 8.16. The number of hydrogen-bond acceptors (Lipinski definition) is 4. The van der Waals surface area contributed by atoms with E-state index in [4.69, 9.17) is 0 Å². The molecule has 96 valence electrons. The summed E-state index contributed by atoms with van der Waals surface area (Å²) in [6.07, 6.45) is 7.15. The monoisotopic (exact) mass is 254 g/mol. The number of rotatable bonds is 5. The zero-order valence-corrected chi connectivity index (χ0v) is 11.5. The van der Waals surface area contributed by atoms with Crippen LogP contribution in [0.5, 0.6) is 0 Å². The van der Waals surface area contributed by atoms with E-state index < -0.39 is 0 Å². The molecule has 2 rings (SSSR count). The van der Waals surface area contributed by atoms with Crippen molar-refractivity contribution in [3.63, 3.8) is 0 Å². The van der Waals surface area contributed by atoms with Crippen molar-refractivity contribution in [1.29, 1.82) is 0 Å². The van der Waals surface area contributed by atoms with Gasteiger partial charge in [0.2, 0.25) is 0 Å². The lowest BCUT2D eigenvalue weighted by Crippen LogP contribution is -2.38. The SMILES string of the molecule is CC1(C)CCC[C@H](NCCSc2cn[nH]n2)C1. The fraction of sp³-hybridized carbons (Fsp3) is 0.833. The van der Waals surface area contributed by atoms with Crippen LogP contribution in [0.2, 0.25) is 0 Å². The van der Waals surface area contributed by atoms with E-state index in [9.17, 15) is 0 Å². The molecule has 2 N–H and O–H groups in total. The molecule has 1 aromatic rings. The maximum absolute atomic E-state index is 4.02. The van der Waals surface area contributed by atoms with Crippen molar-refractivity contribution in [3.05, 3.63) is 6.20 Å². The Bertz CT molecular complexity index is 323. The third kappa shape index (κ3) is 4.32. The van der Waals surface area contributed by atoms with Gasteiger partial charge in [0, 0.05) is 18.3 Å². The van der Waals surface area contributed by atoms with Crippen molar-refractivity contribution in [2.75, 3.05) is 12.3 Å². The summed E-state index contributed by atoms with van der Waals surface area (Å²) in [4.78, 5) is 0. The number of hydrogen-bond donors (Lipinski definition) is 2. The van der Waals surface area contributed by atoms with Crippen molar-refractivity contribution < 1.29 is 0 Å². The average molecular weight is 254 g/mol. The van der Waals surface area contributed by atoms with Crippen LogP contribution in [-0.2, 0) is 0 Å². The largest absolute Gasteiger partial charge is 0.313 e. The normalized spacial score (nSPS) is 23.8. The Morgan fingerprint density at radius 3 is 3.18 bits per heavy atom. The summed E-state index contributed by atoms with van der Waals surface area (Å²) < 4.78 is 0. The first kappa shape index (κ1) is 12.9. The van der Waals surface area contributed by atoms with E-state index in [0.29, 0.717) is 11.5 Å². The molecule has 1 heterocycles. The molecule has 17 heavy (non-hydrogen) atoms. The number of nitrogens with zero attached hydrogens (tertiary/aromatic N) is 2. The molecule has 4 nitrogen and oxygen atoms in total. The molecule has 1 aliphatic carbocycles. The topological polar surface area (TPSA) is 53.6 Å². The van der Waals surface area contributed by atoms with Crippen LogP contribution in [0.1, 0.15) is 39.5 Å². The smallest absolute Gasteiger partial charge is 0.138 e. The van der Waals surface area contributed by atoms with E-state index in [-0.39, 0.29) is 0 Å². The van der Waals surface area contributed by atoms with Crippen LogP contribution in [0.4, 0.5) is 0 Å². The molecule has 0 aliphatic heterocycles. The van der Waals surface area contributed by atoms with Gasteiger partial charge in [-0.1, -0.05) is 20.3 Å². The van der Waals surface area contributed by atoms with Crippen LogP contribution in [-0.4, -0.2) is 33.8 Å². The summed E-state index contributed by atoms with van der Waals surface area (Å²) in [5.41, 5.74) is 0.523. The minimum Gasteiger partial charge on any atom is -0.313 e. The number of nitrogens with one attached hydrogen (secondary N) is 2. The number of H-pyrrole nitrogens is 1. The standard InChI is InChI=1S/C12H22N4S/c1-12(2)5-3-4-10(8-12)13-6-7-17-11-9-14-16-15-11/h9-10,13H,3-8H2,1-2H3,(H,14,15,16)/t10-/m0/s1. The van der Waals surface area contributed by atoms with E-state index in [0.717, 1.165) is 17.3 Å². The molecule has 0 spiro atoms. The molecule has 1 atom stereocenters. The van der Waals surface area contributed by atoms with Gasteiger partial charge < -0.3 is 5.32 Å². The Hall–Kier alpha value is -0.550. The second kappa shape index (κ2) is 5.87. The summed E-state index contributed by atoms with van der Waals surface area (Å²) in [6.45, 7) is 5.81. The molecule has 0 radical (unpaired) electrons. The molecule has 0 aromatic carbocycles. The molecule has 1 aromatic heterocycles. The first-order valence-corrected chi connectivity index (χ1v) is 7.36. The Morgan fingerprint density at radius 1 is 1.59 bits per heavy atom. The first-order valence-electron chi connectivity index (χ1n) is 6.38. The highest BCUT2D eigenvalue weighted by molar-refractivity contribution is 7.99. The van der Waals surface area contributed by atoms with Crippen molar-refractivity contribution in [2.24, 2.45) is 5.41 Å². The maximum atomic E-state index is 4.02. The second-order valence-corrected chi connectivity index (χ2v) is 6.68. The van der Waals surface area contributed by atoms with Crippen molar-refractivity contribution in [2.45, 2.75) is 50.6 Å². The number of aromatic nitrogens is 3. The third-order valence-electron chi connectivity index (χ3n) is 3.38. The zero-order chi connectivity index (χ0) is 12.1. The highest BCUT2D eigenvalue weighted by atomic mass is 32.2. The van der Waals surface area contributed by atoms with Crippen LogP contribution in [0, 0.1) is 5.41 Å². The predicted octanol–water partition coefficient (Wildman–Crippen LogP) is 2.46. The lowest BCUT2D eigenvalue weighted by atomic mass is 9.75. The Labute approximate surface area is 107 Å². The molecule has 5 heteroatoms. The Balaban J connectivity index is 1.62. The lowest BCUT2D eigenvalue weighted by molar-refractivity contribution is 0.200. The Kier molecular flexibility index (Phi) is 4.45. The third-order valence-corrected chi connectivity index (χ3v) is 4.28. The summed E-state index contributed by atoms with van der Waals surface area (Å²) in [6, 6.07) is 0.705. The van der Waals surface area contributed by atoms with E-state index >= 15 is 0 Å². The van der Waals surface area contributed by atoms with Gasteiger partial charge in [-0.3, -0.25) is 0 Å². The zero-order valence-electron chi connectivity index (χ0n) is 10.7. The summed E-state index contributed by atoms with van der Waals surface area (Å²) >= 11 is 1.75. The van der Waals surface area contributed by atoms with Gasteiger partial charge in [-0.25, -0.2) is 0 Å². The van der Waals surface area contributed by atoms with Crippen molar-refractivity contribution in [1.82, 2.24) is 20.7 Å². The fourth-order valence-electron chi connectivity index (χ4n) is 2.55. The molecule has 0 unspecified atom stereocenters. The molecule has 0 saturated heterocycles. The molecule has 0 amide bonds. The van der Waals surface area contributed by atoms with Gasteiger partial charge in [0.25, 0.3) is 0 Å². The molecule has 1 fully saturated rings. The van der Waals surface area contributed by atoms with Gasteiger partial charge in [-0.2, -0.15) is 10.3 Å². The molecular formula is C12H22N4S. The van der Waals surface area contributed by atoms with Crippen LogP contribution in [0.25, 0.3) is 0 Å². The van der Waals surface area contributed by atoms with Gasteiger partial charge in [-0.05, 0) is 24.7 Å². The van der Waals surface area contributed by atoms with E-state index in [1.807, 2.05) is 0 Å². The van der Waals surface area contributed by atoms with Gasteiger partial charge in [0.15, 0.2) is 0 Å². The number of aromatic amines is 1. The lowest BCUT2D eigenvalue weighted by Gasteiger charge is -2.35. The van der Waals surface area contributed by atoms with Crippen LogP contribution >= 0.6 is 11.8 Å². The van der Waals surface area contributed by atoms with Gasteiger partial charge in [0.05, 0.1) is 6.20 Å². The average Bonchev–Trinajstić information content (AvgIpc) is 2.76. The highest BCUT2D eigenvalue weighted by Crippen LogP contribution is 2.34. The molecular weight excluding hydrogens is 232 g/mol. The van der Waals surface area contributed by atoms with Gasteiger partial charge >= 0.3 is 0 Å². The minimum absolute atomic E-state index is 0.523.